The fourth-order valence-corrected chi connectivity index (χ4v) is 2.89. The molecule has 2 aliphatic rings. The van der Waals surface area contributed by atoms with Crippen LogP contribution in [0.3, 0.4) is 0 Å². The van der Waals surface area contributed by atoms with E-state index < -0.39 is 0 Å². The van der Waals surface area contributed by atoms with Gasteiger partial charge in [-0.15, -0.1) is 0 Å². The quantitative estimate of drug-likeness (QED) is 0.618. The predicted octanol–water partition coefficient (Wildman–Crippen LogP) is 3.85. The van der Waals surface area contributed by atoms with Crippen molar-refractivity contribution in [3.63, 3.8) is 0 Å². The summed E-state index contributed by atoms with van der Waals surface area (Å²) in [5.41, 5.74) is 4.05. The summed E-state index contributed by atoms with van der Waals surface area (Å²) in [6.45, 7) is 2.13. The first kappa shape index (κ1) is 9.02. The Hall–Kier alpha value is -1.24. The molecule has 1 aliphatic carbocycles. The first-order valence-corrected chi connectivity index (χ1v) is 5.76. The third-order valence-corrected chi connectivity index (χ3v) is 3.72. The number of ether oxygens (including phenoxy) is 1. The zero-order valence-electron chi connectivity index (χ0n) is 9.12. The van der Waals surface area contributed by atoms with Crippen molar-refractivity contribution in [1.82, 2.24) is 0 Å². The summed E-state index contributed by atoms with van der Waals surface area (Å²) >= 11 is 0. The van der Waals surface area contributed by atoms with Gasteiger partial charge in [-0.25, -0.2) is 0 Å². The molecule has 0 N–H and O–H groups in total. The van der Waals surface area contributed by atoms with Gasteiger partial charge >= 0.3 is 0 Å². The lowest BCUT2D eigenvalue weighted by atomic mass is 9.84. The fraction of sp³-hybridized carbons (Fsp3) is 0.429. The molecule has 1 aliphatic heterocycles. The van der Waals surface area contributed by atoms with Crippen molar-refractivity contribution in [2.45, 2.75) is 38.2 Å². The number of fused-ring (bicyclic) bond motifs is 2. The minimum atomic E-state index is 0.0100. The van der Waals surface area contributed by atoms with Crippen molar-refractivity contribution in [2.75, 3.05) is 0 Å². The molecule has 0 unspecified atom stereocenters. The van der Waals surface area contributed by atoms with Crippen LogP contribution in [0.1, 0.15) is 43.7 Å². The van der Waals surface area contributed by atoms with Crippen LogP contribution in [-0.4, -0.2) is 0 Å². The summed E-state index contributed by atoms with van der Waals surface area (Å²) in [6, 6.07) is 8.69. The molecular formula is C14H16O. The van der Waals surface area contributed by atoms with Crippen LogP contribution in [0, 0.1) is 0 Å². The molecule has 1 fully saturated rings. The minimum Gasteiger partial charge on any atom is -0.490 e. The van der Waals surface area contributed by atoms with Gasteiger partial charge in [0.25, 0.3) is 0 Å². The van der Waals surface area contributed by atoms with Crippen molar-refractivity contribution in [3.8, 4) is 0 Å². The normalized spacial score (nSPS) is 22.1. The predicted molar refractivity (Wildman–Crippen MR) is 61.3 cm³/mol. The molecule has 3 rings (SSSR count). The summed E-state index contributed by atoms with van der Waals surface area (Å²) in [5.74, 6) is 0. The maximum absolute atomic E-state index is 6.00. The summed E-state index contributed by atoms with van der Waals surface area (Å²) < 4.78 is 6.00. The molecule has 78 valence electrons. The molecule has 0 aromatic heterocycles. The molecule has 1 heteroatoms. The van der Waals surface area contributed by atoms with E-state index in [9.17, 15) is 0 Å². The third kappa shape index (κ3) is 1.22. The third-order valence-electron chi connectivity index (χ3n) is 3.72. The van der Waals surface area contributed by atoms with E-state index in [0.29, 0.717) is 0 Å². The van der Waals surface area contributed by atoms with E-state index in [1.165, 1.54) is 42.4 Å². The van der Waals surface area contributed by atoms with E-state index in [1.807, 2.05) is 6.26 Å². The van der Waals surface area contributed by atoms with Crippen LogP contribution in [0.25, 0.3) is 5.57 Å². The number of hydrogen-bond donors (Lipinski definition) is 0. The highest BCUT2D eigenvalue weighted by molar-refractivity contribution is 5.68. The van der Waals surface area contributed by atoms with Crippen LogP contribution in [0.5, 0.6) is 0 Å². The Bertz CT molecular complexity index is 411. The Morgan fingerprint density at radius 2 is 1.87 bits per heavy atom. The number of rotatable bonds is 0. The molecule has 1 aromatic carbocycles. The van der Waals surface area contributed by atoms with Crippen molar-refractivity contribution < 1.29 is 4.74 Å². The monoisotopic (exact) mass is 200 g/mol. The Morgan fingerprint density at radius 1 is 1.13 bits per heavy atom. The summed E-state index contributed by atoms with van der Waals surface area (Å²) in [4.78, 5) is 0. The molecule has 1 spiro atoms. The van der Waals surface area contributed by atoms with Crippen LogP contribution in [-0.2, 0) is 10.3 Å². The number of hydrogen-bond acceptors (Lipinski definition) is 1. The molecule has 0 radical (unpaired) electrons. The van der Waals surface area contributed by atoms with Gasteiger partial charge in [0.05, 0.1) is 6.26 Å². The summed E-state index contributed by atoms with van der Waals surface area (Å²) in [5, 5.41) is 0. The van der Waals surface area contributed by atoms with Gasteiger partial charge in [0, 0.05) is 5.56 Å². The molecule has 15 heavy (non-hydrogen) atoms. The van der Waals surface area contributed by atoms with Crippen molar-refractivity contribution in [1.29, 1.82) is 0 Å². The van der Waals surface area contributed by atoms with Gasteiger partial charge in [-0.1, -0.05) is 24.3 Å². The van der Waals surface area contributed by atoms with Gasteiger partial charge in [-0.05, 0) is 43.7 Å². The molecule has 0 bridgehead atoms. The zero-order valence-corrected chi connectivity index (χ0v) is 9.12. The summed E-state index contributed by atoms with van der Waals surface area (Å²) in [6.07, 6.45) is 6.89. The van der Waals surface area contributed by atoms with Gasteiger partial charge < -0.3 is 4.74 Å². The average Bonchev–Trinajstić information content (AvgIpc) is 2.74. The largest absolute Gasteiger partial charge is 0.490 e. The zero-order chi connectivity index (χ0) is 10.3. The van der Waals surface area contributed by atoms with E-state index in [-0.39, 0.29) is 5.60 Å². The van der Waals surface area contributed by atoms with Crippen molar-refractivity contribution in [3.05, 3.63) is 41.7 Å². The van der Waals surface area contributed by atoms with E-state index in [2.05, 4.69) is 31.2 Å². The van der Waals surface area contributed by atoms with Gasteiger partial charge in [0.15, 0.2) is 0 Å². The van der Waals surface area contributed by atoms with Crippen LogP contribution in [0.15, 0.2) is 30.5 Å². The highest BCUT2D eigenvalue weighted by atomic mass is 16.5. The Morgan fingerprint density at radius 3 is 2.67 bits per heavy atom. The Labute approximate surface area is 90.8 Å². The molecule has 1 heterocycles. The average molecular weight is 200 g/mol. The van der Waals surface area contributed by atoms with Gasteiger partial charge in [0.1, 0.15) is 5.60 Å². The minimum absolute atomic E-state index is 0.0100. The highest BCUT2D eigenvalue weighted by Gasteiger charge is 2.40. The van der Waals surface area contributed by atoms with Gasteiger partial charge in [-0.2, -0.15) is 0 Å². The smallest absolute Gasteiger partial charge is 0.134 e. The standard InChI is InChI=1S/C14H16O/c1-11-10-15-14(8-4-5-9-14)13-7-3-2-6-12(11)13/h2-3,6-7,10H,4-5,8-9H2,1H3. The lowest BCUT2D eigenvalue weighted by Crippen LogP contribution is -2.27. The lowest BCUT2D eigenvalue weighted by Gasteiger charge is -2.34. The van der Waals surface area contributed by atoms with E-state index in [1.54, 1.807) is 0 Å². The maximum atomic E-state index is 6.00. The SMILES string of the molecule is CC1=COC2(CCCC2)c2ccccc21. The van der Waals surface area contributed by atoms with Crippen molar-refractivity contribution in [2.24, 2.45) is 0 Å². The van der Waals surface area contributed by atoms with Crippen LogP contribution in [0.2, 0.25) is 0 Å². The van der Waals surface area contributed by atoms with E-state index >= 15 is 0 Å². The van der Waals surface area contributed by atoms with Crippen LogP contribution < -0.4 is 0 Å². The van der Waals surface area contributed by atoms with Gasteiger partial charge in [0.2, 0.25) is 0 Å². The van der Waals surface area contributed by atoms with E-state index in [0.717, 1.165) is 0 Å². The molecule has 0 saturated heterocycles. The first-order chi connectivity index (χ1) is 7.32. The summed E-state index contributed by atoms with van der Waals surface area (Å²) in [7, 11) is 0. The molecule has 1 saturated carbocycles. The number of allylic oxidation sites excluding steroid dienone is 1. The van der Waals surface area contributed by atoms with Crippen LogP contribution >= 0.6 is 0 Å². The highest BCUT2D eigenvalue weighted by Crippen LogP contribution is 2.47. The van der Waals surface area contributed by atoms with Crippen LogP contribution in [0.4, 0.5) is 0 Å². The van der Waals surface area contributed by atoms with Gasteiger partial charge in [-0.3, -0.25) is 0 Å². The second-order valence-electron chi connectivity index (χ2n) is 4.67. The Balaban J connectivity index is 2.17. The second kappa shape index (κ2) is 3.13. The molecular weight excluding hydrogens is 184 g/mol. The lowest BCUT2D eigenvalue weighted by molar-refractivity contribution is 0.0213. The molecule has 0 amide bonds. The van der Waals surface area contributed by atoms with Crippen molar-refractivity contribution >= 4 is 5.57 Å². The first-order valence-electron chi connectivity index (χ1n) is 5.76. The number of benzene rings is 1. The molecule has 1 nitrogen and oxygen atoms in total. The second-order valence-corrected chi connectivity index (χ2v) is 4.67. The van der Waals surface area contributed by atoms with E-state index in [4.69, 9.17) is 4.74 Å². The topological polar surface area (TPSA) is 9.23 Å². The Kier molecular flexibility index (Phi) is 1.88. The molecule has 0 atom stereocenters. The molecule has 1 aromatic rings. The maximum Gasteiger partial charge on any atom is 0.134 e. The fourth-order valence-electron chi connectivity index (χ4n) is 2.89.